The molecule has 0 atom stereocenters. The Labute approximate surface area is 173 Å². The number of nitriles is 1. The highest BCUT2D eigenvalue weighted by atomic mass is 35.5. The van der Waals surface area contributed by atoms with Gasteiger partial charge in [0.25, 0.3) is 11.8 Å². The van der Waals surface area contributed by atoms with E-state index in [-0.39, 0.29) is 12.2 Å². The number of halogens is 1. The van der Waals surface area contributed by atoms with Crippen LogP contribution in [0.1, 0.15) is 18.1 Å². The molecule has 3 N–H and O–H groups in total. The minimum atomic E-state index is -0.614. The summed E-state index contributed by atoms with van der Waals surface area (Å²) in [5.74, 6) is -0.460. The third-order valence-electron chi connectivity index (χ3n) is 3.75. The fraction of sp³-hybridized carbons (Fsp3) is 0.190. The van der Waals surface area contributed by atoms with E-state index in [0.717, 1.165) is 5.56 Å². The van der Waals surface area contributed by atoms with Crippen LogP contribution in [0.5, 0.6) is 11.5 Å². The molecule has 0 aliphatic heterocycles. The van der Waals surface area contributed by atoms with Crippen LogP contribution in [-0.2, 0) is 9.59 Å². The van der Waals surface area contributed by atoms with Gasteiger partial charge in [0.1, 0.15) is 11.6 Å². The third-order valence-corrected chi connectivity index (χ3v) is 3.99. The predicted molar refractivity (Wildman–Crippen MR) is 111 cm³/mol. The fourth-order valence-corrected chi connectivity index (χ4v) is 2.65. The Morgan fingerprint density at radius 1 is 1.21 bits per heavy atom. The lowest BCUT2D eigenvalue weighted by Crippen LogP contribution is -2.20. The smallest absolute Gasteiger partial charge is 0.266 e. The average molecular weight is 414 g/mol. The summed E-state index contributed by atoms with van der Waals surface area (Å²) in [7, 11) is 0. The van der Waals surface area contributed by atoms with Crippen molar-refractivity contribution in [1.29, 1.82) is 5.26 Å². The van der Waals surface area contributed by atoms with Crippen LogP contribution in [0.25, 0.3) is 6.08 Å². The van der Waals surface area contributed by atoms with Crippen molar-refractivity contribution in [1.82, 2.24) is 0 Å². The van der Waals surface area contributed by atoms with Crippen LogP contribution in [-0.4, -0.2) is 25.0 Å². The number of nitrogens with two attached hydrogens (primary N) is 1. The largest absolute Gasteiger partial charge is 0.490 e. The van der Waals surface area contributed by atoms with Gasteiger partial charge in [-0.25, -0.2) is 0 Å². The van der Waals surface area contributed by atoms with Gasteiger partial charge >= 0.3 is 0 Å². The van der Waals surface area contributed by atoms with Crippen LogP contribution in [0.15, 0.2) is 42.0 Å². The lowest BCUT2D eigenvalue weighted by Gasteiger charge is -2.12. The van der Waals surface area contributed by atoms with Crippen molar-refractivity contribution in [2.24, 2.45) is 5.73 Å². The van der Waals surface area contributed by atoms with Gasteiger partial charge in [-0.3, -0.25) is 9.59 Å². The molecule has 0 aromatic heterocycles. The highest BCUT2D eigenvalue weighted by Gasteiger charge is 2.13. The van der Waals surface area contributed by atoms with Gasteiger partial charge in [0.05, 0.1) is 6.61 Å². The number of rotatable bonds is 8. The number of ether oxygens (including phenoxy) is 2. The first-order valence-electron chi connectivity index (χ1n) is 8.71. The first-order valence-corrected chi connectivity index (χ1v) is 9.09. The van der Waals surface area contributed by atoms with E-state index in [2.05, 4.69) is 5.32 Å². The molecule has 0 radical (unpaired) electrons. The van der Waals surface area contributed by atoms with Crippen LogP contribution in [0, 0.1) is 18.3 Å². The second-order valence-corrected chi connectivity index (χ2v) is 6.41. The van der Waals surface area contributed by atoms with E-state index in [1.165, 1.54) is 6.08 Å². The predicted octanol–water partition coefficient (Wildman–Crippen LogP) is 3.46. The van der Waals surface area contributed by atoms with E-state index < -0.39 is 11.8 Å². The zero-order valence-electron chi connectivity index (χ0n) is 16.0. The van der Waals surface area contributed by atoms with E-state index >= 15 is 0 Å². The van der Waals surface area contributed by atoms with Crippen molar-refractivity contribution in [3.05, 3.63) is 58.1 Å². The molecule has 0 aliphatic carbocycles. The number of aryl methyl sites for hydroxylation is 1. The molecule has 7 nitrogen and oxygen atoms in total. The summed E-state index contributed by atoms with van der Waals surface area (Å²) in [5, 5.41) is 12.7. The van der Waals surface area contributed by atoms with Crippen molar-refractivity contribution < 1.29 is 19.1 Å². The van der Waals surface area contributed by atoms with Crippen molar-refractivity contribution in [3.63, 3.8) is 0 Å². The molecule has 29 heavy (non-hydrogen) atoms. The van der Waals surface area contributed by atoms with Crippen LogP contribution in [0.3, 0.4) is 0 Å². The van der Waals surface area contributed by atoms with E-state index in [0.29, 0.717) is 34.4 Å². The maximum atomic E-state index is 12.5. The number of primary amides is 1. The van der Waals surface area contributed by atoms with Crippen LogP contribution in [0.2, 0.25) is 5.02 Å². The molecular formula is C21H20ClN3O4. The second kappa shape index (κ2) is 10.2. The minimum Gasteiger partial charge on any atom is -0.490 e. The molecule has 0 bridgehead atoms. The molecule has 0 unspecified atom stereocenters. The molecule has 8 heteroatoms. The number of amides is 2. The lowest BCUT2D eigenvalue weighted by atomic mass is 10.1. The van der Waals surface area contributed by atoms with Gasteiger partial charge in [-0.2, -0.15) is 5.26 Å². The average Bonchev–Trinajstić information content (AvgIpc) is 2.67. The van der Waals surface area contributed by atoms with Gasteiger partial charge in [0.2, 0.25) is 0 Å². The van der Waals surface area contributed by atoms with E-state index in [9.17, 15) is 14.9 Å². The number of hydrogen-bond donors (Lipinski definition) is 2. The highest BCUT2D eigenvalue weighted by Crippen LogP contribution is 2.29. The molecule has 2 amide bonds. The van der Waals surface area contributed by atoms with Crippen molar-refractivity contribution in [2.45, 2.75) is 13.8 Å². The second-order valence-electron chi connectivity index (χ2n) is 5.98. The molecule has 0 saturated heterocycles. The topological polar surface area (TPSA) is 114 Å². The van der Waals surface area contributed by atoms with Crippen LogP contribution < -0.4 is 20.5 Å². The fourth-order valence-electron chi connectivity index (χ4n) is 2.42. The Bertz CT molecular complexity index is 996. The highest BCUT2D eigenvalue weighted by molar-refractivity contribution is 6.30. The number of hydrogen-bond acceptors (Lipinski definition) is 5. The number of nitrogens with zero attached hydrogens (tertiary/aromatic N) is 1. The zero-order chi connectivity index (χ0) is 21.4. The Hall–Kier alpha value is -3.50. The summed E-state index contributed by atoms with van der Waals surface area (Å²) in [5.41, 5.74) is 6.89. The molecule has 2 aromatic carbocycles. The SMILES string of the molecule is CCOc1cc(/C=C(\C#N)C(=O)Nc2ccc(Cl)cc2C)ccc1OCC(N)=O. The lowest BCUT2D eigenvalue weighted by molar-refractivity contribution is -0.120. The monoisotopic (exact) mass is 413 g/mol. The van der Waals surface area contributed by atoms with Crippen molar-refractivity contribution >= 4 is 35.2 Å². The minimum absolute atomic E-state index is 0.0902. The van der Waals surface area contributed by atoms with Crippen molar-refractivity contribution in [2.75, 3.05) is 18.5 Å². The first kappa shape index (κ1) is 21.8. The molecule has 2 rings (SSSR count). The molecule has 0 saturated carbocycles. The Morgan fingerprint density at radius 3 is 2.59 bits per heavy atom. The summed E-state index contributed by atoms with van der Waals surface area (Å²) in [6.07, 6.45) is 1.43. The molecule has 0 aliphatic rings. The number of benzene rings is 2. The summed E-state index contributed by atoms with van der Waals surface area (Å²) in [6.45, 7) is 3.67. The summed E-state index contributed by atoms with van der Waals surface area (Å²) in [4.78, 5) is 23.4. The zero-order valence-corrected chi connectivity index (χ0v) is 16.7. The number of carbonyl (C=O) groups is 2. The summed E-state index contributed by atoms with van der Waals surface area (Å²) >= 11 is 5.92. The summed E-state index contributed by atoms with van der Waals surface area (Å²) < 4.78 is 10.8. The third kappa shape index (κ3) is 6.26. The first-order chi connectivity index (χ1) is 13.8. The van der Waals surface area contributed by atoms with E-state index in [1.54, 1.807) is 50.2 Å². The van der Waals surface area contributed by atoms with Crippen LogP contribution in [0.4, 0.5) is 5.69 Å². The molecule has 0 heterocycles. The van der Waals surface area contributed by atoms with Gasteiger partial charge in [0.15, 0.2) is 18.1 Å². The number of nitrogens with one attached hydrogen (secondary N) is 1. The molecule has 0 spiro atoms. The number of anilines is 1. The normalized spacial score (nSPS) is 10.8. The maximum Gasteiger partial charge on any atom is 0.266 e. The quantitative estimate of drug-likeness (QED) is 0.508. The Morgan fingerprint density at radius 2 is 1.97 bits per heavy atom. The van der Waals surface area contributed by atoms with Crippen molar-refractivity contribution in [3.8, 4) is 17.6 Å². The molecular weight excluding hydrogens is 394 g/mol. The Kier molecular flexibility index (Phi) is 7.63. The van der Waals surface area contributed by atoms with Gasteiger partial charge in [-0.1, -0.05) is 17.7 Å². The molecule has 2 aromatic rings. The number of carbonyl (C=O) groups excluding carboxylic acids is 2. The van der Waals surface area contributed by atoms with E-state index in [4.69, 9.17) is 26.8 Å². The van der Waals surface area contributed by atoms with Gasteiger partial charge < -0.3 is 20.5 Å². The summed E-state index contributed by atoms with van der Waals surface area (Å²) in [6, 6.07) is 11.8. The Balaban J connectivity index is 2.26. The molecule has 0 fully saturated rings. The van der Waals surface area contributed by atoms with Crippen LogP contribution >= 0.6 is 11.6 Å². The standard InChI is InChI=1S/C21H20ClN3O4/c1-3-28-19-10-14(4-7-18(19)29-12-20(24)26)9-15(11-23)21(27)25-17-6-5-16(22)8-13(17)2/h4-10H,3,12H2,1-2H3,(H2,24,26)(H,25,27)/b15-9+. The van der Waals surface area contributed by atoms with E-state index in [1.807, 2.05) is 6.07 Å². The van der Waals surface area contributed by atoms with Gasteiger partial charge in [-0.05, 0) is 61.4 Å². The van der Waals surface area contributed by atoms with Gasteiger partial charge in [0, 0.05) is 10.7 Å². The van der Waals surface area contributed by atoms with Gasteiger partial charge in [-0.15, -0.1) is 0 Å². The molecule has 150 valence electrons. The maximum absolute atomic E-state index is 12.5.